The first-order valence-electron chi connectivity index (χ1n) is 15.1. The number of nitrogens with one attached hydrogen (secondary N) is 1. The van der Waals surface area contributed by atoms with Gasteiger partial charge < -0.3 is 34.6 Å². The molecule has 1 aliphatic carbocycles. The van der Waals surface area contributed by atoms with E-state index in [9.17, 15) is 14.7 Å². The van der Waals surface area contributed by atoms with Crippen LogP contribution in [0.5, 0.6) is 5.75 Å². The van der Waals surface area contributed by atoms with E-state index in [4.69, 9.17) is 9.47 Å². The van der Waals surface area contributed by atoms with Crippen molar-refractivity contribution >= 4 is 17.6 Å². The lowest BCUT2D eigenvalue weighted by atomic mass is 9.96. The predicted molar refractivity (Wildman–Crippen MR) is 159 cm³/mol. The molecule has 0 spiro atoms. The summed E-state index contributed by atoms with van der Waals surface area (Å²) in [5.41, 5.74) is 1.39. The number of aliphatic hydroxyl groups excluding tert-OH is 1. The minimum absolute atomic E-state index is 0.0623. The molecular weight excluding hydrogens is 508 g/mol. The molecule has 3 amide bonds. The molecule has 1 heterocycles. The number of hydrogen-bond acceptors (Lipinski definition) is 6. The Morgan fingerprint density at radius 1 is 1.10 bits per heavy atom. The number of carbonyl (C=O) groups excluding carboxylic acids is 2. The zero-order chi connectivity index (χ0) is 29.2. The summed E-state index contributed by atoms with van der Waals surface area (Å²) in [4.78, 5) is 32.5. The molecule has 1 fully saturated rings. The van der Waals surface area contributed by atoms with Crippen LogP contribution in [0.3, 0.4) is 0 Å². The number of nitrogens with zero attached hydrogens (tertiary/aromatic N) is 3. The highest BCUT2D eigenvalue weighted by atomic mass is 16.5. The van der Waals surface area contributed by atoms with E-state index >= 15 is 0 Å². The second-order valence-electron chi connectivity index (χ2n) is 12.0. The lowest BCUT2D eigenvalue weighted by Crippen LogP contribution is -2.50. The molecule has 0 unspecified atom stereocenters. The van der Waals surface area contributed by atoms with E-state index in [1.54, 1.807) is 9.80 Å². The number of anilines is 1. The van der Waals surface area contributed by atoms with Gasteiger partial charge in [-0.3, -0.25) is 4.79 Å². The maximum Gasteiger partial charge on any atom is 0.317 e. The lowest BCUT2D eigenvalue weighted by molar-refractivity contribution is -0.0123. The molecule has 3 rings (SSSR count). The van der Waals surface area contributed by atoms with Gasteiger partial charge in [-0.15, -0.1) is 0 Å². The molecule has 0 saturated heterocycles. The molecule has 0 aromatic heterocycles. The van der Waals surface area contributed by atoms with E-state index in [1.165, 1.54) is 6.42 Å². The zero-order valence-electron chi connectivity index (χ0n) is 25.5. The van der Waals surface area contributed by atoms with Gasteiger partial charge in [0, 0.05) is 58.5 Å². The van der Waals surface area contributed by atoms with Crippen LogP contribution in [0, 0.1) is 5.92 Å². The predicted octanol–water partition coefficient (Wildman–Crippen LogP) is 4.52. The Morgan fingerprint density at radius 2 is 1.80 bits per heavy atom. The van der Waals surface area contributed by atoms with Crippen LogP contribution in [0.1, 0.15) is 82.5 Å². The van der Waals surface area contributed by atoms with E-state index < -0.39 is 6.04 Å². The van der Waals surface area contributed by atoms with Gasteiger partial charge in [-0.05, 0) is 64.2 Å². The SMILES string of the molecule is C[C@@H]1CCCCO[C@H](CN(C)C(=O)NC2CCCCC2)[C@@H](C)CN([C@@H](C)CO)C(=O)c2cc(N(C)C)ccc2O1. The monoisotopic (exact) mass is 560 g/mol. The van der Waals surface area contributed by atoms with E-state index in [0.717, 1.165) is 50.6 Å². The fraction of sp³-hybridized carbons (Fsp3) is 0.742. The van der Waals surface area contributed by atoms with Gasteiger partial charge in [0.15, 0.2) is 0 Å². The third-order valence-electron chi connectivity index (χ3n) is 8.28. The molecule has 9 nitrogen and oxygen atoms in total. The van der Waals surface area contributed by atoms with Gasteiger partial charge in [-0.25, -0.2) is 4.79 Å². The van der Waals surface area contributed by atoms with Crippen molar-refractivity contribution < 1.29 is 24.2 Å². The maximum atomic E-state index is 14.1. The second kappa shape index (κ2) is 15.5. The number of likely N-dealkylation sites (N-methyl/N-ethyl adjacent to an activating group) is 1. The largest absolute Gasteiger partial charge is 0.490 e. The number of fused-ring (bicyclic) bond motifs is 1. The van der Waals surface area contributed by atoms with Crippen molar-refractivity contribution in [2.24, 2.45) is 5.92 Å². The van der Waals surface area contributed by atoms with E-state index in [-0.39, 0.29) is 42.7 Å². The van der Waals surface area contributed by atoms with Crippen molar-refractivity contribution in [1.29, 1.82) is 0 Å². The van der Waals surface area contributed by atoms with Crippen molar-refractivity contribution in [3.8, 4) is 5.75 Å². The van der Waals surface area contributed by atoms with Gasteiger partial charge in [0.2, 0.25) is 0 Å². The molecule has 2 aliphatic rings. The summed E-state index contributed by atoms with van der Waals surface area (Å²) >= 11 is 0. The molecule has 4 atom stereocenters. The highest BCUT2D eigenvalue weighted by Gasteiger charge is 2.31. The molecule has 226 valence electrons. The Labute approximate surface area is 241 Å². The first-order valence-corrected chi connectivity index (χ1v) is 15.1. The molecular formula is C31H52N4O5. The first-order chi connectivity index (χ1) is 19.1. The Bertz CT molecular complexity index is 952. The summed E-state index contributed by atoms with van der Waals surface area (Å²) in [6, 6.07) is 5.47. The van der Waals surface area contributed by atoms with Crippen LogP contribution in [0.25, 0.3) is 0 Å². The molecule has 40 heavy (non-hydrogen) atoms. The summed E-state index contributed by atoms with van der Waals surface area (Å²) in [5, 5.41) is 13.3. The fourth-order valence-electron chi connectivity index (χ4n) is 5.54. The van der Waals surface area contributed by atoms with Gasteiger partial charge in [0.05, 0.1) is 30.4 Å². The van der Waals surface area contributed by atoms with Gasteiger partial charge in [-0.2, -0.15) is 0 Å². The normalized spacial score (nSPS) is 24.3. The number of aliphatic hydroxyl groups is 1. The summed E-state index contributed by atoms with van der Waals surface area (Å²) in [6.07, 6.45) is 7.97. The lowest BCUT2D eigenvalue weighted by Gasteiger charge is -2.36. The highest BCUT2D eigenvalue weighted by molar-refractivity contribution is 5.98. The molecule has 1 saturated carbocycles. The van der Waals surface area contributed by atoms with E-state index in [1.807, 2.05) is 58.1 Å². The Morgan fingerprint density at radius 3 is 2.48 bits per heavy atom. The van der Waals surface area contributed by atoms with Gasteiger partial charge in [-0.1, -0.05) is 26.2 Å². The Kier molecular flexibility index (Phi) is 12.4. The van der Waals surface area contributed by atoms with Gasteiger partial charge in [0.1, 0.15) is 5.75 Å². The Hall–Kier alpha value is -2.52. The number of rotatable bonds is 6. The quantitative estimate of drug-likeness (QED) is 0.531. The molecule has 0 bridgehead atoms. The topological polar surface area (TPSA) is 94.6 Å². The van der Waals surface area contributed by atoms with Crippen LogP contribution in [0.15, 0.2) is 18.2 Å². The van der Waals surface area contributed by atoms with Crippen molar-refractivity contribution in [2.75, 3.05) is 52.3 Å². The summed E-state index contributed by atoms with van der Waals surface area (Å²) < 4.78 is 12.7. The molecule has 2 N–H and O–H groups in total. The third-order valence-corrected chi connectivity index (χ3v) is 8.28. The second-order valence-corrected chi connectivity index (χ2v) is 12.0. The number of amides is 3. The summed E-state index contributed by atoms with van der Waals surface area (Å²) in [5.74, 6) is 0.305. The minimum Gasteiger partial charge on any atom is -0.490 e. The molecule has 1 aliphatic heterocycles. The van der Waals surface area contributed by atoms with Crippen LogP contribution in [0.2, 0.25) is 0 Å². The number of carbonyl (C=O) groups is 2. The summed E-state index contributed by atoms with van der Waals surface area (Å²) in [7, 11) is 5.70. The number of benzene rings is 1. The average molecular weight is 561 g/mol. The van der Waals surface area contributed by atoms with Gasteiger partial charge >= 0.3 is 6.03 Å². The molecule has 9 heteroatoms. The number of ether oxygens (including phenoxy) is 2. The van der Waals surface area contributed by atoms with E-state index in [2.05, 4.69) is 12.2 Å². The van der Waals surface area contributed by atoms with Crippen molar-refractivity contribution in [3.63, 3.8) is 0 Å². The van der Waals surface area contributed by atoms with Crippen LogP contribution >= 0.6 is 0 Å². The third kappa shape index (κ3) is 8.99. The number of hydrogen-bond donors (Lipinski definition) is 2. The summed E-state index contributed by atoms with van der Waals surface area (Å²) in [6.45, 7) is 7.16. The first kappa shape index (κ1) is 32.0. The fourth-order valence-corrected chi connectivity index (χ4v) is 5.54. The minimum atomic E-state index is -0.399. The van der Waals surface area contributed by atoms with Crippen LogP contribution in [0.4, 0.5) is 10.5 Å². The van der Waals surface area contributed by atoms with Gasteiger partial charge in [0.25, 0.3) is 5.91 Å². The standard InChI is InChI=1S/C31H52N4O5/c1-22-19-35(23(2)21-36)30(37)27-18-26(33(4)5)15-16-28(27)40-24(3)12-10-11-17-39-29(22)20-34(6)31(38)32-25-13-8-7-9-14-25/h15-16,18,22-25,29,36H,7-14,17,19-21H2,1-6H3,(H,32,38)/t22-,23-,24+,29+/m0/s1. The zero-order valence-corrected chi connectivity index (χ0v) is 25.5. The molecule has 0 radical (unpaired) electrons. The smallest absolute Gasteiger partial charge is 0.317 e. The van der Waals surface area contributed by atoms with Crippen LogP contribution in [-0.2, 0) is 4.74 Å². The van der Waals surface area contributed by atoms with Crippen molar-refractivity contribution in [2.45, 2.75) is 96.4 Å². The Balaban J connectivity index is 1.85. The molecule has 1 aromatic carbocycles. The van der Waals surface area contributed by atoms with Crippen LogP contribution in [-0.4, -0.2) is 98.6 Å². The number of urea groups is 1. The molecule has 1 aromatic rings. The van der Waals surface area contributed by atoms with Crippen molar-refractivity contribution in [1.82, 2.24) is 15.1 Å². The highest BCUT2D eigenvalue weighted by Crippen LogP contribution is 2.29. The van der Waals surface area contributed by atoms with Crippen molar-refractivity contribution in [3.05, 3.63) is 23.8 Å². The van der Waals surface area contributed by atoms with Crippen LogP contribution < -0.4 is 15.0 Å². The average Bonchev–Trinajstić information content (AvgIpc) is 2.94. The van der Waals surface area contributed by atoms with E-state index in [0.29, 0.717) is 31.0 Å². The maximum absolute atomic E-state index is 14.1.